The van der Waals surface area contributed by atoms with Crippen LogP contribution in [-0.4, -0.2) is 51.0 Å². The van der Waals surface area contributed by atoms with Gasteiger partial charge in [0, 0.05) is 35.7 Å². The molecule has 3 rings (SSSR count). The third-order valence-electron chi connectivity index (χ3n) is 4.67. The maximum atomic E-state index is 12.5. The molecule has 1 aromatic carbocycles. The van der Waals surface area contributed by atoms with Gasteiger partial charge in [0.2, 0.25) is 0 Å². The second-order valence-electron chi connectivity index (χ2n) is 6.47. The largest absolute Gasteiger partial charge is 0.396 e. The fraction of sp³-hybridized carbons (Fsp3) is 0.389. The number of hydrogen-bond donors (Lipinski definition) is 3. The molecule has 1 amide bonds. The van der Waals surface area contributed by atoms with Crippen molar-refractivity contribution in [3.63, 3.8) is 0 Å². The van der Waals surface area contributed by atoms with Crippen LogP contribution < -0.4 is 11.0 Å². The van der Waals surface area contributed by atoms with Gasteiger partial charge in [-0.25, -0.2) is 4.79 Å². The number of aliphatic hydroxyl groups is 2. The summed E-state index contributed by atoms with van der Waals surface area (Å²) in [5.41, 5.74) is 8.22. The van der Waals surface area contributed by atoms with E-state index in [0.29, 0.717) is 5.56 Å². The molecule has 11 heteroatoms. The van der Waals surface area contributed by atoms with E-state index in [4.69, 9.17) is 10.3 Å². The molecule has 1 aliphatic heterocycles. The molecule has 11 nitrogen and oxygen atoms in total. The average molecular weight is 400 g/mol. The van der Waals surface area contributed by atoms with Gasteiger partial charge in [-0.05, 0) is 30.2 Å². The van der Waals surface area contributed by atoms with E-state index in [9.17, 15) is 19.8 Å². The molecule has 0 spiro atoms. The molecule has 29 heavy (non-hydrogen) atoms. The number of rotatable bonds is 7. The highest BCUT2D eigenvalue weighted by Gasteiger charge is 2.44. The van der Waals surface area contributed by atoms with Gasteiger partial charge in [0.25, 0.3) is 5.91 Å². The van der Waals surface area contributed by atoms with Crippen LogP contribution in [0.5, 0.6) is 0 Å². The Morgan fingerprint density at radius 2 is 2.10 bits per heavy atom. The summed E-state index contributed by atoms with van der Waals surface area (Å²) in [6, 6.07) is 9.89. The van der Waals surface area contributed by atoms with E-state index in [1.807, 2.05) is 0 Å². The van der Waals surface area contributed by atoms with Crippen LogP contribution in [0.2, 0.25) is 0 Å². The maximum Gasteiger partial charge on any atom is 0.351 e. The smallest absolute Gasteiger partial charge is 0.351 e. The van der Waals surface area contributed by atoms with Gasteiger partial charge in [-0.3, -0.25) is 9.36 Å². The Morgan fingerprint density at radius 3 is 2.76 bits per heavy atom. The molecule has 152 valence electrons. The van der Waals surface area contributed by atoms with Crippen LogP contribution in [0.1, 0.15) is 23.0 Å². The van der Waals surface area contributed by atoms with Crippen molar-refractivity contribution in [1.29, 1.82) is 0 Å². The SMILES string of the molecule is [N-]=[N+]=NC[C@H]1[C@@H](O)[C@H](n2ccc(NC(=O)c3ccccc3)nc2=O)O[C@@H]1CCO. The number of azide groups is 1. The first-order valence-electron chi connectivity index (χ1n) is 8.96. The molecule has 2 aromatic rings. The van der Waals surface area contributed by atoms with E-state index in [1.165, 1.54) is 12.3 Å². The van der Waals surface area contributed by atoms with Gasteiger partial charge in [0.1, 0.15) is 11.9 Å². The normalized spacial score (nSPS) is 23.4. The van der Waals surface area contributed by atoms with Crippen molar-refractivity contribution in [2.24, 2.45) is 11.0 Å². The number of aromatic nitrogens is 2. The molecule has 1 aliphatic rings. The van der Waals surface area contributed by atoms with Crippen molar-refractivity contribution in [3.05, 3.63) is 69.1 Å². The van der Waals surface area contributed by atoms with E-state index in [-0.39, 0.29) is 25.4 Å². The van der Waals surface area contributed by atoms with Gasteiger partial charge < -0.3 is 20.3 Å². The minimum absolute atomic E-state index is 0.0355. The van der Waals surface area contributed by atoms with Crippen molar-refractivity contribution in [2.45, 2.75) is 24.9 Å². The van der Waals surface area contributed by atoms with Crippen molar-refractivity contribution in [3.8, 4) is 0 Å². The topological polar surface area (TPSA) is 162 Å². The first-order chi connectivity index (χ1) is 14.0. The zero-order valence-electron chi connectivity index (χ0n) is 15.3. The van der Waals surface area contributed by atoms with Gasteiger partial charge in [-0.15, -0.1) is 0 Å². The van der Waals surface area contributed by atoms with E-state index in [2.05, 4.69) is 20.3 Å². The summed E-state index contributed by atoms with van der Waals surface area (Å²) in [5, 5.41) is 25.8. The summed E-state index contributed by atoms with van der Waals surface area (Å²) in [7, 11) is 0. The number of hydrogen-bond acceptors (Lipinski definition) is 7. The predicted molar refractivity (Wildman–Crippen MR) is 102 cm³/mol. The molecule has 1 fully saturated rings. The number of aliphatic hydroxyl groups excluding tert-OH is 2. The Balaban J connectivity index is 1.78. The van der Waals surface area contributed by atoms with Crippen LogP contribution >= 0.6 is 0 Å². The maximum absolute atomic E-state index is 12.5. The van der Waals surface area contributed by atoms with Gasteiger partial charge in [-0.1, -0.05) is 23.3 Å². The zero-order chi connectivity index (χ0) is 20.8. The minimum atomic E-state index is -1.14. The molecule has 0 saturated carbocycles. The van der Waals surface area contributed by atoms with Crippen molar-refractivity contribution in [1.82, 2.24) is 9.55 Å². The highest BCUT2D eigenvalue weighted by molar-refractivity contribution is 6.03. The average Bonchev–Trinajstić information content (AvgIpc) is 3.02. The number of nitrogens with zero attached hydrogens (tertiary/aromatic N) is 5. The molecule has 3 N–H and O–H groups in total. The monoisotopic (exact) mass is 400 g/mol. The zero-order valence-corrected chi connectivity index (χ0v) is 15.3. The number of ether oxygens (including phenoxy) is 1. The molecule has 2 heterocycles. The Labute approximate surface area is 165 Å². The Hall–Kier alpha value is -3.24. The van der Waals surface area contributed by atoms with Crippen molar-refractivity contribution >= 4 is 11.7 Å². The van der Waals surface area contributed by atoms with Gasteiger partial charge in [0.15, 0.2) is 6.23 Å². The molecule has 0 bridgehead atoms. The fourth-order valence-corrected chi connectivity index (χ4v) is 3.24. The second kappa shape index (κ2) is 9.30. The summed E-state index contributed by atoms with van der Waals surface area (Å²) in [5.74, 6) is -0.928. The van der Waals surface area contributed by atoms with Crippen LogP contribution in [-0.2, 0) is 4.74 Å². The van der Waals surface area contributed by atoms with Crippen LogP contribution in [0, 0.1) is 5.92 Å². The summed E-state index contributed by atoms with van der Waals surface area (Å²) >= 11 is 0. The van der Waals surface area contributed by atoms with E-state index >= 15 is 0 Å². The predicted octanol–water partition coefficient (Wildman–Crippen LogP) is 1.06. The molecular formula is C18H20N6O5. The molecule has 0 unspecified atom stereocenters. The van der Waals surface area contributed by atoms with Gasteiger partial charge in [0.05, 0.1) is 6.10 Å². The first kappa shape index (κ1) is 20.5. The lowest BCUT2D eigenvalue weighted by Crippen LogP contribution is -2.34. The molecular weight excluding hydrogens is 380 g/mol. The van der Waals surface area contributed by atoms with Crippen molar-refractivity contribution < 1.29 is 19.7 Å². The molecule has 4 atom stereocenters. The number of amides is 1. The summed E-state index contributed by atoms with van der Waals surface area (Å²) in [4.78, 5) is 31.2. The fourth-order valence-electron chi connectivity index (χ4n) is 3.24. The lowest BCUT2D eigenvalue weighted by Gasteiger charge is -2.18. The standard InChI is InChI=1S/C18H20N6O5/c19-23-20-10-12-13(7-9-25)29-17(15(12)26)24-8-6-14(22-18(24)28)21-16(27)11-4-2-1-3-5-11/h1-6,8,12-13,15,17,25-26H,7,9-10H2,(H,21,22,27,28)/t12-,13-,15-,17-/m1/s1. The minimum Gasteiger partial charge on any atom is -0.396 e. The van der Waals surface area contributed by atoms with Crippen LogP contribution in [0.3, 0.4) is 0 Å². The lowest BCUT2D eigenvalue weighted by molar-refractivity contribution is -0.0447. The van der Waals surface area contributed by atoms with Crippen LogP contribution in [0.4, 0.5) is 5.82 Å². The van der Waals surface area contributed by atoms with E-state index in [0.717, 1.165) is 4.57 Å². The van der Waals surface area contributed by atoms with Crippen LogP contribution in [0.15, 0.2) is 52.5 Å². The number of nitrogens with one attached hydrogen (secondary N) is 1. The first-order valence-corrected chi connectivity index (χ1v) is 8.96. The third-order valence-corrected chi connectivity index (χ3v) is 4.67. The lowest BCUT2D eigenvalue weighted by atomic mass is 9.96. The molecule has 0 radical (unpaired) electrons. The molecule has 0 aliphatic carbocycles. The van der Waals surface area contributed by atoms with Gasteiger partial charge >= 0.3 is 5.69 Å². The van der Waals surface area contributed by atoms with Crippen molar-refractivity contribution in [2.75, 3.05) is 18.5 Å². The quantitative estimate of drug-likeness (QED) is 0.357. The summed E-state index contributed by atoms with van der Waals surface area (Å²) in [6.07, 6.45) is -1.21. The van der Waals surface area contributed by atoms with E-state index < -0.39 is 36.0 Å². The van der Waals surface area contributed by atoms with Crippen LogP contribution in [0.25, 0.3) is 10.4 Å². The summed E-state index contributed by atoms with van der Waals surface area (Å²) < 4.78 is 6.82. The number of benzene rings is 1. The Morgan fingerprint density at radius 1 is 1.34 bits per heavy atom. The van der Waals surface area contributed by atoms with E-state index in [1.54, 1.807) is 30.3 Å². The molecule has 1 aromatic heterocycles. The molecule has 1 saturated heterocycles. The summed E-state index contributed by atoms with van der Waals surface area (Å²) in [6.45, 7) is -0.222. The Kier molecular flexibility index (Phi) is 6.57. The highest BCUT2D eigenvalue weighted by atomic mass is 16.5. The highest BCUT2D eigenvalue weighted by Crippen LogP contribution is 2.35. The Bertz CT molecular complexity index is 959. The third kappa shape index (κ3) is 4.61. The van der Waals surface area contributed by atoms with Gasteiger partial charge in [-0.2, -0.15) is 4.98 Å². The number of carbonyl (C=O) groups excluding carboxylic acids is 1. The number of anilines is 1. The number of carbonyl (C=O) groups is 1. The second-order valence-corrected chi connectivity index (χ2v) is 6.47.